The Hall–Kier alpha value is -0.0800. The summed E-state index contributed by atoms with van der Waals surface area (Å²) in [5, 5.41) is 0. The molecule has 1 saturated heterocycles. The highest BCUT2D eigenvalue weighted by molar-refractivity contribution is 4.99. The van der Waals surface area contributed by atoms with E-state index in [9.17, 15) is 0 Å². The third-order valence-corrected chi connectivity index (χ3v) is 3.63. The zero-order valence-corrected chi connectivity index (χ0v) is 8.75. The molecule has 1 aliphatic heterocycles. The van der Waals surface area contributed by atoms with Crippen LogP contribution in [0.4, 0.5) is 0 Å². The second-order valence-corrected chi connectivity index (χ2v) is 5.38. The van der Waals surface area contributed by atoms with Crippen LogP contribution in [0, 0.1) is 17.3 Å². The molecule has 2 N–H and O–H groups in total. The molecule has 76 valence electrons. The minimum Gasteiger partial charge on any atom is -0.380 e. The highest BCUT2D eigenvalue weighted by Gasteiger charge is 2.49. The van der Waals surface area contributed by atoms with Crippen molar-refractivity contribution in [2.24, 2.45) is 23.0 Å². The SMILES string of the molecule is CC(C)CC1(C2CC(N)C2)COC1. The molecule has 1 saturated carbocycles. The van der Waals surface area contributed by atoms with Gasteiger partial charge in [-0.2, -0.15) is 0 Å². The van der Waals surface area contributed by atoms with Crippen LogP contribution in [0.2, 0.25) is 0 Å². The first-order chi connectivity index (χ1) is 6.12. The molecule has 2 heteroatoms. The van der Waals surface area contributed by atoms with Gasteiger partial charge in [0.25, 0.3) is 0 Å². The highest BCUT2D eigenvalue weighted by Crippen LogP contribution is 2.49. The van der Waals surface area contributed by atoms with E-state index in [1.165, 1.54) is 19.3 Å². The van der Waals surface area contributed by atoms with Gasteiger partial charge in [-0.05, 0) is 31.1 Å². The molecule has 0 atom stereocenters. The van der Waals surface area contributed by atoms with E-state index in [0.29, 0.717) is 11.5 Å². The van der Waals surface area contributed by atoms with Crippen molar-refractivity contribution in [1.82, 2.24) is 0 Å². The van der Waals surface area contributed by atoms with Gasteiger partial charge in [-0.25, -0.2) is 0 Å². The topological polar surface area (TPSA) is 35.2 Å². The largest absolute Gasteiger partial charge is 0.380 e. The van der Waals surface area contributed by atoms with Crippen LogP contribution in [0.25, 0.3) is 0 Å². The molecule has 13 heavy (non-hydrogen) atoms. The monoisotopic (exact) mass is 183 g/mol. The van der Waals surface area contributed by atoms with Gasteiger partial charge in [-0.1, -0.05) is 13.8 Å². The van der Waals surface area contributed by atoms with E-state index in [2.05, 4.69) is 13.8 Å². The van der Waals surface area contributed by atoms with Gasteiger partial charge in [0.05, 0.1) is 13.2 Å². The van der Waals surface area contributed by atoms with Gasteiger partial charge in [-0.3, -0.25) is 0 Å². The van der Waals surface area contributed by atoms with Crippen LogP contribution in [0.1, 0.15) is 33.1 Å². The molecule has 1 heterocycles. The van der Waals surface area contributed by atoms with Crippen LogP contribution < -0.4 is 5.73 Å². The maximum atomic E-state index is 5.83. The Kier molecular flexibility index (Phi) is 2.37. The molecule has 1 aliphatic carbocycles. The summed E-state index contributed by atoms with van der Waals surface area (Å²) < 4.78 is 5.39. The number of rotatable bonds is 3. The molecule has 2 rings (SSSR count). The lowest BCUT2D eigenvalue weighted by molar-refractivity contribution is -0.174. The Labute approximate surface area is 80.8 Å². The fraction of sp³-hybridized carbons (Fsp3) is 1.00. The second kappa shape index (κ2) is 3.25. The van der Waals surface area contributed by atoms with E-state index in [4.69, 9.17) is 10.5 Å². The third-order valence-electron chi connectivity index (χ3n) is 3.63. The van der Waals surface area contributed by atoms with Crippen molar-refractivity contribution in [3.63, 3.8) is 0 Å². The summed E-state index contributed by atoms with van der Waals surface area (Å²) in [6.45, 7) is 6.59. The molecule has 2 aliphatic rings. The predicted octanol–water partition coefficient (Wildman–Crippen LogP) is 1.79. The van der Waals surface area contributed by atoms with Crippen LogP contribution in [-0.4, -0.2) is 19.3 Å². The lowest BCUT2D eigenvalue weighted by Gasteiger charge is -2.53. The number of hydrogen-bond acceptors (Lipinski definition) is 2. The first-order valence-electron chi connectivity index (χ1n) is 5.46. The number of hydrogen-bond donors (Lipinski definition) is 1. The minimum absolute atomic E-state index is 0.481. The Morgan fingerprint density at radius 3 is 2.31 bits per heavy atom. The van der Waals surface area contributed by atoms with Gasteiger partial charge in [0.2, 0.25) is 0 Å². The molecule has 0 spiro atoms. The van der Waals surface area contributed by atoms with Gasteiger partial charge in [0.15, 0.2) is 0 Å². The summed E-state index contributed by atoms with van der Waals surface area (Å²) in [4.78, 5) is 0. The average molecular weight is 183 g/mol. The first kappa shape index (κ1) is 9.47. The standard InChI is InChI=1S/C11H21NO/c1-8(2)5-11(6-13-7-11)9-3-10(12)4-9/h8-10H,3-7,12H2,1-2H3. The van der Waals surface area contributed by atoms with E-state index in [1.807, 2.05) is 0 Å². The van der Waals surface area contributed by atoms with E-state index < -0.39 is 0 Å². The lowest BCUT2D eigenvalue weighted by atomic mass is 9.59. The van der Waals surface area contributed by atoms with Gasteiger partial charge < -0.3 is 10.5 Å². The summed E-state index contributed by atoms with van der Waals surface area (Å²) in [5.41, 5.74) is 6.35. The average Bonchev–Trinajstić information content (AvgIpc) is 1.91. The second-order valence-electron chi connectivity index (χ2n) is 5.38. The quantitative estimate of drug-likeness (QED) is 0.724. The molecular formula is C11H21NO. The minimum atomic E-state index is 0.481. The van der Waals surface area contributed by atoms with Crippen LogP contribution in [-0.2, 0) is 4.74 Å². The fourth-order valence-electron chi connectivity index (χ4n) is 2.86. The molecule has 0 aromatic heterocycles. The van der Waals surface area contributed by atoms with E-state index in [1.54, 1.807) is 0 Å². The summed E-state index contributed by atoms with van der Waals surface area (Å²) in [7, 11) is 0. The van der Waals surface area contributed by atoms with Crippen LogP contribution >= 0.6 is 0 Å². The van der Waals surface area contributed by atoms with Gasteiger partial charge >= 0.3 is 0 Å². The number of ether oxygens (including phenoxy) is 1. The Morgan fingerprint density at radius 1 is 1.38 bits per heavy atom. The maximum absolute atomic E-state index is 5.83. The molecule has 0 radical (unpaired) electrons. The highest BCUT2D eigenvalue weighted by atomic mass is 16.5. The number of nitrogens with two attached hydrogens (primary N) is 1. The van der Waals surface area contributed by atoms with Crippen LogP contribution in [0.3, 0.4) is 0 Å². The fourth-order valence-corrected chi connectivity index (χ4v) is 2.86. The summed E-state index contributed by atoms with van der Waals surface area (Å²) in [6, 6.07) is 0.481. The molecule has 0 bridgehead atoms. The van der Waals surface area contributed by atoms with Crippen LogP contribution in [0.15, 0.2) is 0 Å². The van der Waals surface area contributed by atoms with E-state index in [-0.39, 0.29) is 0 Å². The van der Waals surface area contributed by atoms with Gasteiger partial charge in [0, 0.05) is 11.5 Å². The molecule has 0 aromatic carbocycles. The van der Waals surface area contributed by atoms with Gasteiger partial charge in [-0.15, -0.1) is 0 Å². The van der Waals surface area contributed by atoms with Crippen molar-refractivity contribution in [3.8, 4) is 0 Å². The zero-order chi connectivity index (χ0) is 9.47. The normalized spacial score (nSPS) is 36.9. The zero-order valence-electron chi connectivity index (χ0n) is 8.75. The van der Waals surface area contributed by atoms with Crippen molar-refractivity contribution < 1.29 is 4.74 Å². The Balaban J connectivity index is 1.91. The first-order valence-corrected chi connectivity index (χ1v) is 5.46. The van der Waals surface area contributed by atoms with Crippen molar-refractivity contribution in [1.29, 1.82) is 0 Å². The maximum Gasteiger partial charge on any atom is 0.0547 e. The van der Waals surface area contributed by atoms with Crippen molar-refractivity contribution in [2.75, 3.05) is 13.2 Å². The molecule has 2 fully saturated rings. The molecule has 0 unspecified atom stereocenters. The summed E-state index contributed by atoms with van der Waals surface area (Å²) >= 11 is 0. The van der Waals surface area contributed by atoms with E-state index in [0.717, 1.165) is 25.0 Å². The molecule has 0 aromatic rings. The van der Waals surface area contributed by atoms with Gasteiger partial charge in [0.1, 0.15) is 0 Å². The predicted molar refractivity (Wildman–Crippen MR) is 53.4 cm³/mol. The van der Waals surface area contributed by atoms with Crippen molar-refractivity contribution >= 4 is 0 Å². The summed E-state index contributed by atoms with van der Waals surface area (Å²) in [6.07, 6.45) is 3.79. The van der Waals surface area contributed by atoms with Crippen molar-refractivity contribution in [2.45, 2.75) is 39.2 Å². The van der Waals surface area contributed by atoms with Crippen LogP contribution in [0.5, 0.6) is 0 Å². The lowest BCUT2D eigenvalue weighted by Crippen LogP contribution is -2.56. The molecule has 2 nitrogen and oxygen atoms in total. The molecule has 0 amide bonds. The van der Waals surface area contributed by atoms with E-state index >= 15 is 0 Å². The smallest absolute Gasteiger partial charge is 0.0547 e. The molecular weight excluding hydrogens is 162 g/mol. The Morgan fingerprint density at radius 2 is 2.00 bits per heavy atom. The Bertz CT molecular complexity index is 181. The van der Waals surface area contributed by atoms with Crippen molar-refractivity contribution in [3.05, 3.63) is 0 Å². The third kappa shape index (κ3) is 1.62. The summed E-state index contributed by atoms with van der Waals surface area (Å²) in [5.74, 6) is 1.65.